The Balaban J connectivity index is 1.98. The lowest BCUT2D eigenvalue weighted by Gasteiger charge is -2.23. The first-order valence-corrected chi connectivity index (χ1v) is 6.13. The van der Waals surface area contributed by atoms with Crippen molar-refractivity contribution < 1.29 is 0 Å². The molecule has 1 atom stereocenters. The van der Waals surface area contributed by atoms with E-state index < -0.39 is 0 Å². The summed E-state index contributed by atoms with van der Waals surface area (Å²) in [6.45, 7) is 6.60. The normalized spacial score (nSPS) is 22.5. The molecule has 1 aliphatic carbocycles. The van der Waals surface area contributed by atoms with Crippen molar-refractivity contribution in [1.82, 2.24) is 5.32 Å². The minimum Gasteiger partial charge on any atom is -0.325 e. The van der Waals surface area contributed by atoms with Crippen LogP contribution in [0.1, 0.15) is 52.4 Å². The van der Waals surface area contributed by atoms with E-state index in [-0.39, 0.29) is 5.54 Å². The van der Waals surface area contributed by atoms with E-state index in [4.69, 9.17) is 5.73 Å². The molecule has 2 heteroatoms. The maximum atomic E-state index is 6.07. The fourth-order valence-corrected chi connectivity index (χ4v) is 2.07. The van der Waals surface area contributed by atoms with Crippen LogP contribution >= 0.6 is 0 Å². The lowest BCUT2D eigenvalue weighted by atomic mass is 9.96. The first-order valence-electron chi connectivity index (χ1n) is 6.13. The van der Waals surface area contributed by atoms with Crippen molar-refractivity contribution in [2.24, 2.45) is 11.7 Å². The van der Waals surface area contributed by atoms with E-state index in [1.165, 1.54) is 32.2 Å². The predicted octanol–water partition coefficient (Wildman–Crippen LogP) is 2.28. The van der Waals surface area contributed by atoms with Crippen LogP contribution in [0, 0.1) is 5.92 Å². The number of nitrogens with two attached hydrogens (primary N) is 1. The molecule has 84 valence electrons. The van der Waals surface area contributed by atoms with Crippen molar-refractivity contribution >= 4 is 0 Å². The third kappa shape index (κ3) is 4.43. The molecule has 1 unspecified atom stereocenters. The van der Waals surface area contributed by atoms with Crippen LogP contribution in [0.4, 0.5) is 0 Å². The summed E-state index contributed by atoms with van der Waals surface area (Å²) in [5.41, 5.74) is 6.10. The molecule has 0 bridgehead atoms. The monoisotopic (exact) mass is 198 g/mol. The Hall–Kier alpha value is -0.0800. The number of nitrogens with one attached hydrogen (secondary N) is 1. The van der Waals surface area contributed by atoms with Gasteiger partial charge < -0.3 is 11.1 Å². The second-order valence-electron chi connectivity index (χ2n) is 5.11. The lowest BCUT2D eigenvalue weighted by Crippen LogP contribution is -2.39. The van der Waals surface area contributed by atoms with Gasteiger partial charge in [0.15, 0.2) is 0 Å². The average Bonchev–Trinajstić information content (AvgIpc) is 2.65. The van der Waals surface area contributed by atoms with Crippen molar-refractivity contribution in [3.63, 3.8) is 0 Å². The molecule has 0 saturated heterocycles. The van der Waals surface area contributed by atoms with Crippen molar-refractivity contribution in [1.29, 1.82) is 0 Å². The van der Waals surface area contributed by atoms with Gasteiger partial charge in [0, 0.05) is 5.54 Å². The van der Waals surface area contributed by atoms with Gasteiger partial charge in [-0.05, 0) is 51.6 Å². The van der Waals surface area contributed by atoms with Gasteiger partial charge in [-0.3, -0.25) is 0 Å². The molecule has 0 aliphatic heterocycles. The Kier molecular flexibility index (Phi) is 4.90. The van der Waals surface area contributed by atoms with Crippen LogP contribution in [0.15, 0.2) is 0 Å². The molecule has 1 rings (SSSR count). The van der Waals surface area contributed by atoms with Crippen LogP contribution in [0.2, 0.25) is 0 Å². The summed E-state index contributed by atoms with van der Waals surface area (Å²) in [5, 5.41) is 3.54. The second kappa shape index (κ2) is 5.72. The third-order valence-corrected chi connectivity index (χ3v) is 3.59. The summed E-state index contributed by atoms with van der Waals surface area (Å²) >= 11 is 0. The van der Waals surface area contributed by atoms with Crippen LogP contribution in [0.3, 0.4) is 0 Å². The molecule has 0 heterocycles. The molecule has 3 N–H and O–H groups in total. The molecule has 0 aromatic rings. The van der Waals surface area contributed by atoms with Gasteiger partial charge >= 0.3 is 0 Å². The fraction of sp³-hybridized carbons (Fsp3) is 1.00. The summed E-state index contributed by atoms with van der Waals surface area (Å²) in [6.07, 6.45) is 7.90. The Labute approximate surface area is 88.6 Å². The van der Waals surface area contributed by atoms with Gasteiger partial charge in [0.2, 0.25) is 0 Å². The van der Waals surface area contributed by atoms with Crippen LogP contribution in [0.25, 0.3) is 0 Å². The van der Waals surface area contributed by atoms with Crippen LogP contribution in [0.5, 0.6) is 0 Å². The number of hydrogen-bond donors (Lipinski definition) is 2. The first kappa shape index (κ1) is 12.0. The lowest BCUT2D eigenvalue weighted by molar-refractivity contribution is 0.391. The van der Waals surface area contributed by atoms with E-state index >= 15 is 0 Å². The summed E-state index contributed by atoms with van der Waals surface area (Å²) in [5.74, 6) is 0.945. The first-order chi connectivity index (χ1) is 6.64. The Morgan fingerprint density at radius 3 is 2.57 bits per heavy atom. The molecule has 0 aromatic heterocycles. The van der Waals surface area contributed by atoms with Crippen LogP contribution in [-0.2, 0) is 0 Å². The van der Waals surface area contributed by atoms with E-state index in [0.717, 1.165) is 25.3 Å². The molecule has 1 saturated carbocycles. The van der Waals surface area contributed by atoms with Gasteiger partial charge in [-0.25, -0.2) is 0 Å². The maximum Gasteiger partial charge on any atom is 0.0135 e. The highest BCUT2D eigenvalue weighted by Crippen LogP contribution is 2.23. The zero-order valence-corrected chi connectivity index (χ0v) is 9.81. The molecule has 1 aliphatic rings. The second-order valence-corrected chi connectivity index (χ2v) is 5.11. The molecule has 1 fully saturated rings. The van der Waals surface area contributed by atoms with Gasteiger partial charge in [-0.1, -0.05) is 19.8 Å². The summed E-state index contributed by atoms with van der Waals surface area (Å²) in [7, 11) is 0. The summed E-state index contributed by atoms with van der Waals surface area (Å²) in [6, 6.07) is 0. The Morgan fingerprint density at radius 2 is 2.00 bits per heavy atom. The largest absolute Gasteiger partial charge is 0.325 e. The zero-order chi connectivity index (χ0) is 10.4. The van der Waals surface area contributed by atoms with E-state index in [1.54, 1.807) is 0 Å². The maximum absolute atomic E-state index is 6.07. The Morgan fingerprint density at radius 1 is 1.36 bits per heavy atom. The van der Waals surface area contributed by atoms with Crippen molar-refractivity contribution in [2.75, 3.05) is 13.1 Å². The summed E-state index contributed by atoms with van der Waals surface area (Å²) in [4.78, 5) is 0. The molecule has 0 aromatic carbocycles. The molecule has 2 nitrogen and oxygen atoms in total. The van der Waals surface area contributed by atoms with E-state index in [2.05, 4.69) is 19.2 Å². The SMILES string of the molecule is CCC(C)(N)CCNCC1CCCC1. The predicted molar refractivity (Wildman–Crippen MR) is 62.3 cm³/mol. The molecule has 14 heavy (non-hydrogen) atoms. The Bertz CT molecular complexity index is 148. The highest BCUT2D eigenvalue weighted by Gasteiger charge is 2.16. The average molecular weight is 198 g/mol. The van der Waals surface area contributed by atoms with E-state index in [0.29, 0.717) is 0 Å². The van der Waals surface area contributed by atoms with E-state index in [1.807, 2.05) is 0 Å². The highest BCUT2D eigenvalue weighted by atomic mass is 14.9. The van der Waals surface area contributed by atoms with Gasteiger partial charge in [-0.2, -0.15) is 0 Å². The third-order valence-electron chi connectivity index (χ3n) is 3.59. The molecular weight excluding hydrogens is 172 g/mol. The number of rotatable bonds is 6. The molecular formula is C12H26N2. The molecule has 0 amide bonds. The van der Waals surface area contributed by atoms with Gasteiger partial charge in [-0.15, -0.1) is 0 Å². The smallest absolute Gasteiger partial charge is 0.0135 e. The van der Waals surface area contributed by atoms with Crippen molar-refractivity contribution in [3.8, 4) is 0 Å². The van der Waals surface area contributed by atoms with Crippen LogP contribution < -0.4 is 11.1 Å². The van der Waals surface area contributed by atoms with Gasteiger partial charge in [0.1, 0.15) is 0 Å². The topological polar surface area (TPSA) is 38.0 Å². The highest BCUT2D eigenvalue weighted by molar-refractivity contribution is 4.78. The fourth-order valence-electron chi connectivity index (χ4n) is 2.07. The van der Waals surface area contributed by atoms with Gasteiger partial charge in [0.05, 0.1) is 0 Å². The quantitative estimate of drug-likeness (QED) is 0.643. The van der Waals surface area contributed by atoms with Gasteiger partial charge in [0.25, 0.3) is 0 Å². The van der Waals surface area contributed by atoms with Crippen LogP contribution in [-0.4, -0.2) is 18.6 Å². The van der Waals surface area contributed by atoms with E-state index in [9.17, 15) is 0 Å². The van der Waals surface area contributed by atoms with Crippen molar-refractivity contribution in [2.45, 2.75) is 57.9 Å². The standard InChI is InChI=1S/C12H26N2/c1-3-12(2,13)8-9-14-10-11-6-4-5-7-11/h11,14H,3-10,13H2,1-2H3. The molecule has 0 spiro atoms. The minimum absolute atomic E-state index is 0.0304. The minimum atomic E-state index is 0.0304. The zero-order valence-electron chi connectivity index (χ0n) is 9.81. The molecule has 0 radical (unpaired) electrons. The number of hydrogen-bond acceptors (Lipinski definition) is 2. The van der Waals surface area contributed by atoms with Crippen molar-refractivity contribution in [3.05, 3.63) is 0 Å². The summed E-state index contributed by atoms with van der Waals surface area (Å²) < 4.78 is 0.